The minimum absolute atomic E-state index is 0.00101. The van der Waals surface area contributed by atoms with Gasteiger partial charge >= 0.3 is 5.51 Å². The van der Waals surface area contributed by atoms with Gasteiger partial charge in [-0.15, -0.1) is 0 Å². The van der Waals surface area contributed by atoms with Gasteiger partial charge in [0.15, 0.2) is 0 Å². The summed E-state index contributed by atoms with van der Waals surface area (Å²) in [5.41, 5.74) is -5.91. The molecule has 0 radical (unpaired) electrons. The van der Waals surface area contributed by atoms with Gasteiger partial charge in [0.1, 0.15) is 17.0 Å². The molecule has 7 heteroatoms. The second-order valence-electron chi connectivity index (χ2n) is 6.32. The quantitative estimate of drug-likeness (QED) is 0.806. The Kier molecular flexibility index (Phi) is 4.04. The maximum Gasteiger partial charge on any atom is 0.446 e. The molecule has 0 bridgehead atoms. The van der Waals surface area contributed by atoms with Crippen LogP contribution in [-0.4, -0.2) is 21.2 Å². The van der Waals surface area contributed by atoms with Crippen molar-refractivity contribution in [1.29, 1.82) is 0 Å². The fourth-order valence-corrected chi connectivity index (χ4v) is 3.58. The lowest BCUT2D eigenvalue weighted by Gasteiger charge is -2.42. The lowest BCUT2D eigenvalue weighted by atomic mass is 9.78. The summed E-state index contributed by atoms with van der Waals surface area (Å²) >= 11 is -0.218. The van der Waals surface area contributed by atoms with Gasteiger partial charge in [-0.1, -0.05) is 6.07 Å². The lowest BCUT2D eigenvalue weighted by molar-refractivity contribution is -0.0410. The number of aliphatic hydroxyl groups is 1. The van der Waals surface area contributed by atoms with Gasteiger partial charge < -0.3 is 9.84 Å². The van der Waals surface area contributed by atoms with Crippen molar-refractivity contribution >= 4 is 11.8 Å². The zero-order valence-corrected chi connectivity index (χ0v) is 13.9. The first-order valence-corrected chi connectivity index (χ1v) is 8.14. The van der Waals surface area contributed by atoms with Crippen molar-refractivity contribution in [3.8, 4) is 5.75 Å². The van der Waals surface area contributed by atoms with Crippen LogP contribution >= 0.6 is 11.8 Å². The molecule has 128 valence electrons. The average molecular weight is 355 g/mol. The number of halogens is 3. The van der Waals surface area contributed by atoms with Gasteiger partial charge in [0.2, 0.25) is 0 Å². The molecule has 1 N–H and O–H groups in total. The molecule has 3 nitrogen and oxygen atoms in total. The van der Waals surface area contributed by atoms with E-state index in [1.54, 1.807) is 24.4 Å². The molecule has 0 aliphatic carbocycles. The molecule has 2 heterocycles. The number of rotatable bonds is 2. The van der Waals surface area contributed by atoms with E-state index in [0.717, 1.165) is 0 Å². The molecule has 1 aliphatic heterocycles. The third-order valence-corrected chi connectivity index (χ3v) is 4.51. The van der Waals surface area contributed by atoms with Crippen LogP contribution in [0.1, 0.15) is 31.5 Å². The van der Waals surface area contributed by atoms with Gasteiger partial charge in [0, 0.05) is 23.1 Å². The second-order valence-corrected chi connectivity index (χ2v) is 7.46. The maximum atomic E-state index is 12.7. The van der Waals surface area contributed by atoms with Crippen molar-refractivity contribution in [2.75, 3.05) is 0 Å². The number of hydrogen-bond donors (Lipinski definition) is 1. The summed E-state index contributed by atoms with van der Waals surface area (Å²) in [6.07, 6.45) is 1.73. The largest absolute Gasteiger partial charge is 0.487 e. The summed E-state index contributed by atoms with van der Waals surface area (Å²) in [5, 5.41) is 11.3. The van der Waals surface area contributed by atoms with Crippen LogP contribution in [0.4, 0.5) is 13.2 Å². The molecular formula is C17H16F3NO2S. The van der Waals surface area contributed by atoms with E-state index in [9.17, 15) is 18.3 Å². The Balaban J connectivity index is 2.13. The van der Waals surface area contributed by atoms with Crippen LogP contribution in [-0.2, 0) is 5.60 Å². The van der Waals surface area contributed by atoms with Gasteiger partial charge in [0.05, 0.1) is 5.69 Å². The van der Waals surface area contributed by atoms with Crippen LogP contribution in [0.2, 0.25) is 0 Å². The summed E-state index contributed by atoms with van der Waals surface area (Å²) in [6, 6.07) is 9.26. The number of nitrogens with zero attached hydrogens (tertiary/aromatic N) is 1. The minimum Gasteiger partial charge on any atom is -0.487 e. The summed E-state index contributed by atoms with van der Waals surface area (Å²) in [6.45, 7) is 3.64. The van der Waals surface area contributed by atoms with Crippen LogP contribution in [0.25, 0.3) is 0 Å². The van der Waals surface area contributed by atoms with Gasteiger partial charge in [-0.3, -0.25) is 4.98 Å². The van der Waals surface area contributed by atoms with Crippen molar-refractivity contribution in [2.24, 2.45) is 0 Å². The number of pyridine rings is 1. The Labute approximate surface area is 141 Å². The molecule has 3 rings (SSSR count). The highest BCUT2D eigenvalue weighted by molar-refractivity contribution is 8.00. The molecule has 2 aromatic rings. The van der Waals surface area contributed by atoms with Crippen LogP contribution in [0.15, 0.2) is 47.5 Å². The second kappa shape index (κ2) is 5.67. The Hall–Kier alpha value is -1.73. The zero-order valence-electron chi connectivity index (χ0n) is 13.1. The SMILES string of the molecule is CC1(C)CC(O)(c2ccccn2)c2cc(SC(F)(F)F)ccc2O1. The van der Waals surface area contributed by atoms with E-state index in [4.69, 9.17) is 4.74 Å². The lowest BCUT2D eigenvalue weighted by Crippen LogP contribution is -2.45. The van der Waals surface area contributed by atoms with Crippen molar-refractivity contribution in [1.82, 2.24) is 4.98 Å². The molecule has 1 aromatic heterocycles. The number of ether oxygens (including phenoxy) is 1. The summed E-state index contributed by atoms with van der Waals surface area (Å²) in [4.78, 5) is 4.21. The predicted octanol–water partition coefficient (Wildman–Crippen LogP) is 4.49. The van der Waals surface area contributed by atoms with Crippen LogP contribution in [0.5, 0.6) is 5.75 Å². The van der Waals surface area contributed by atoms with E-state index < -0.39 is 16.7 Å². The molecule has 24 heavy (non-hydrogen) atoms. The Morgan fingerprint density at radius 2 is 1.96 bits per heavy atom. The molecular weight excluding hydrogens is 339 g/mol. The van der Waals surface area contributed by atoms with Crippen molar-refractivity contribution in [2.45, 2.75) is 41.9 Å². The number of fused-ring (bicyclic) bond motifs is 1. The van der Waals surface area contributed by atoms with Gasteiger partial charge in [0.25, 0.3) is 0 Å². The number of aromatic nitrogens is 1. The van der Waals surface area contributed by atoms with Crippen molar-refractivity contribution in [3.63, 3.8) is 0 Å². The fraction of sp³-hybridized carbons (Fsp3) is 0.353. The molecule has 0 spiro atoms. The highest BCUT2D eigenvalue weighted by Gasteiger charge is 2.46. The topological polar surface area (TPSA) is 42.4 Å². The molecule has 0 saturated heterocycles. The van der Waals surface area contributed by atoms with E-state index in [2.05, 4.69) is 4.98 Å². The van der Waals surface area contributed by atoms with E-state index in [1.165, 1.54) is 18.2 Å². The number of thioether (sulfide) groups is 1. The van der Waals surface area contributed by atoms with Crippen LogP contribution < -0.4 is 4.74 Å². The molecule has 1 unspecified atom stereocenters. The highest BCUT2D eigenvalue weighted by Crippen LogP contribution is 2.48. The number of benzene rings is 1. The number of hydrogen-bond acceptors (Lipinski definition) is 4. The monoisotopic (exact) mass is 355 g/mol. The van der Waals surface area contributed by atoms with Gasteiger partial charge in [-0.2, -0.15) is 13.2 Å². The maximum absolute atomic E-state index is 12.7. The normalized spacial score (nSPS) is 22.6. The Morgan fingerprint density at radius 1 is 1.21 bits per heavy atom. The Morgan fingerprint density at radius 3 is 2.58 bits per heavy atom. The summed E-state index contributed by atoms with van der Waals surface area (Å²) < 4.78 is 43.8. The molecule has 1 aromatic carbocycles. The molecule has 1 atom stereocenters. The zero-order chi connectivity index (χ0) is 17.6. The van der Waals surface area contributed by atoms with Gasteiger partial charge in [-0.05, 0) is 55.9 Å². The third kappa shape index (κ3) is 3.37. The van der Waals surface area contributed by atoms with Crippen molar-refractivity contribution < 1.29 is 23.0 Å². The Bertz CT molecular complexity index is 749. The standard InChI is InChI=1S/C17H16F3NO2S/c1-15(2)10-16(22,14-5-3-4-8-21-14)12-9-11(24-17(18,19)20)6-7-13(12)23-15/h3-9,22H,10H2,1-2H3. The van der Waals surface area contributed by atoms with Crippen LogP contribution in [0.3, 0.4) is 0 Å². The smallest absolute Gasteiger partial charge is 0.446 e. The summed E-state index contributed by atoms with van der Waals surface area (Å²) in [7, 11) is 0. The fourth-order valence-electron chi connectivity index (χ4n) is 3.00. The average Bonchev–Trinajstić information content (AvgIpc) is 2.46. The summed E-state index contributed by atoms with van der Waals surface area (Å²) in [5.74, 6) is 0.367. The first-order valence-electron chi connectivity index (χ1n) is 7.32. The van der Waals surface area contributed by atoms with E-state index in [-0.39, 0.29) is 23.1 Å². The van der Waals surface area contributed by atoms with E-state index in [1.807, 2.05) is 13.8 Å². The van der Waals surface area contributed by atoms with Crippen molar-refractivity contribution in [3.05, 3.63) is 53.9 Å². The first kappa shape index (κ1) is 17.1. The predicted molar refractivity (Wildman–Crippen MR) is 84.9 cm³/mol. The molecule has 0 fully saturated rings. The van der Waals surface area contributed by atoms with E-state index in [0.29, 0.717) is 17.0 Å². The first-order chi connectivity index (χ1) is 11.1. The molecule has 0 saturated carbocycles. The molecule has 0 amide bonds. The molecule has 1 aliphatic rings. The van der Waals surface area contributed by atoms with E-state index >= 15 is 0 Å². The number of alkyl halides is 3. The van der Waals surface area contributed by atoms with Gasteiger partial charge in [-0.25, -0.2) is 0 Å². The highest BCUT2D eigenvalue weighted by atomic mass is 32.2. The third-order valence-electron chi connectivity index (χ3n) is 3.79. The van der Waals surface area contributed by atoms with Crippen LogP contribution in [0, 0.1) is 0 Å². The minimum atomic E-state index is -4.40.